The molecule has 0 aromatic carbocycles. The topological polar surface area (TPSA) is 67.3 Å². The maximum Gasteiger partial charge on any atom is 0.241 e. The van der Waals surface area contributed by atoms with Crippen LogP contribution in [0.2, 0.25) is 0 Å². The van der Waals surface area contributed by atoms with Crippen molar-refractivity contribution in [3.8, 4) is 11.4 Å². The molecule has 0 radical (unpaired) electrons. The van der Waals surface area contributed by atoms with Crippen molar-refractivity contribution in [3.05, 3.63) is 24.5 Å². The van der Waals surface area contributed by atoms with E-state index < -0.39 is 0 Å². The van der Waals surface area contributed by atoms with Crippen molar-refractivity contribution < 1.29 is 8.94 Å². The summed E-state index contributed by atoms with van der Waals surface area (Å²) < 4.78 is 10.4. The van der Waals surface area contributed by atoms with E-state index in [1.54, 1.807) is 12.5 Å². The second kappa shape index (κ2) is 8.31. The average molecular weight is 327 g/mol. The van der Waals surface area contributed by atoms with Gasteiger partial charge < -0.3 is 14.3 Å². The Morgan fingerprint density at radius 2 is 2.18 bits per heavy atom. The van der Waals surface area contributed by atoms with Gasteiger partial charge in [-0.05, 0) is 57.9 Å². The van der Waals surface area contributed by atoms with Gasteiger partial charge >= 0.3 is 0 Å². The van der Waals surface area contributed by atoms with Gasteiger partial charge in [-0.3, -0.25) is 4.90 Å². The molecule has 1 N–H and O–H groups in total. The molecule has 122 valence electrons. The summed E-state index contributed by atoms with van der Waals surface area (Å²) in [5, 5.41) is 7.23. The highest BCUT2D eigenvalue weighted by molar-refractivity contribution is 5.85. The van der Waals surface area contributed by atoms with Gasteiger partial charge in [0.05, 0.1) is 18.4 Å². The van der Waals surface area contributed by atoms with Crippen molar-refractivity contribution in [1.82, 2.24) is 20.4 Å². The van der Waals surface area contributed by atoms with E-state index in [0.717, 1.165) is 37.7 Å². The molecule has 2 aromatic rings. The number of rotatable bonds is 6. The largest absolute Gasteiger partial charge is 0.472 e. The molecule has 0 aliphatic carbocycles. The van der Waals surface area contributed by atoms with Crippen molar-refractivity contribution in [2.75, 3.05) is 26.7 Å². The lowest BCUT2D eigenvalue weighted by Crippen LogP contribution is -2.34. The molecule has 6 nitrogen and oxygen atoms in total. The van der Waals surface area contributed by atoms with E-state index in [0.29, 0.717) is 11.7 Å². The lowest BCUT2D eigenvalue weighted by Gasteiger charge is -2.30. The molecule has 1 aliphatic rings. The first-order chi connectivity index (χ1) is 10.3. The Balaban J connectivity index is 0.00000176. The number of halogens is 1. The number of hydrogen-bond acceptors (Lipinski definition) is 6. The zero-order chi connectivity index (χ0) is 14.5. The van der Waals surface area contributed by atoms with Gasteiger partial charge in [-0.25, -0.2) is 0 Å². The molecule has 2 aromatic heterocycles. The summed E-state index contributed by atoms with van der Waals surface area (Å²) in [6.45, 7) is 4.07. The fourth-order valence-electron chi connectivity index (χ4n) is 2.80. The predicted octanol–water partition coefficient (Wildman–Crippen LogP) is 2.57. The molecule has 1 aliphatic heterocycles. The molecule has 1 fully saturated rings. The number of furan rings is 1. The van der Waals surface area contributed by atoms with Gasteiger partial charge in [-0.1, -0.05) is 5.16 Å². The standard InChI is InChI=1S/C15H22N4O2.ClH/c1-16-6-2-12-3-7-19(8-4-12)10-14-17-15(18-21-14)13-5-9-20-11-13;/h5,9,11-12,16H,2-4,6-8,10H2,1H3;1H. The number of aromatic nitrogens is 2. The van der Waals surface area contributed by atoms with Gasteiger partial charge in [0.1, 0.15) is 6.26 Å². The van der Waals surface area contributed by atoms with E-state index >= 15 is 0 Å². The molecule has 0 atom stereocenters. The summed E-state index contributed by atoms with van der Waals surface area (Å²) in [5.74, 6) is 2.13. The Morgan fingerprint density at radius 1 is 1.36 bits per heavy atom. The monoisotopic (exact) mass is 326 g/mol. The summed E-state index contributed by atoms with van der Waals surface area (Å²) in [7, 11) is 2.02. The number of likely N-dealkylation sites (tertiary alicyclic amines) is 1. The molecule has 0 unspecified atom stereocenters. The quantitative estimate of drug-likeness (QED) is 0.880. The molecular formula is C15H23ClN4O2. The molecule has 0 saturated carbocycles. The normalized spacial score (nSPS) is 16.6. The Labute approximate surface area is 136 Å². The highest BCUT2D eigenvalue weighted by atomic mass is 35.5. The number of nitrogens with one attached hydrogen (secondary N) is 1. The lowest BCUT2D eigenvalue weighted by molar-refractivity contribution is 0.155. The van der Waals surface area contributed by atoms with Crippen LogP contribution in [0.4, 0.5) is 0 Å². The molecule has 7 heteroatoms. The fourth-order valence-corrected chi connectivity index (χ4v) is 2.80. The minimum Gasteiger partial charge on any atom is -0.472 e. The van der Waals surface area contributed by atoms with Crippen molar-refractivity contribution in [2.24, 2.45) is 5.92 Å². The predicted molar refractivity (Wildman–Crippen MR) is 85.8 cm³/mol. The van der Waals surface area contributed by atoms with Crippen LogP contribution in [0.5, 0.6) is 0 Å². The van der Waals surface area contributed by atoms with Crippen LogP contribution in [0.15, 0.2) is 27.5 Å². The molecule has 0 spiro atoms. The van der Waals surface area contributed by atoms with Gasteiger partial charge in [0.2, 0.25) is 11.7 Å². The second-order valence-corrected chi connectivity index (χ2v) is 5.64. The SMILES string of the molecule is CNCCC1CCN(Cc2nc(-c3ccoc3)no2)CC1.Cl. The molecule has 3 heterocycles. The summed E-state index contributed by atoms with van der Waals surface area (Å²) in [4.78, 5) is 6.82. The summed E-state index contributed by atoms with van der Waals surface area (Å²) >= 11 is 0. The van der Waals surface area contributed by atoms with Gasteiger partial charge in [-0.2, -0.15) is 4.98 Å². The van der Waals surface area contributed by atoms with Crippen molar-refractivity contribution in [2.45, 2.75) is 25.8 Å². The van der Waals surface area contributed by atoms with Gasteiger partial charge in [0.15, 0.2) is 0 Å². The van der Waals surface area contributed by atoms with E-state index in [4.69, 9.17) is 8.94 Å². The molecular weight excluding hydrogens is 304 g/mol. The van der Waals surface area contributed by atoms with Crippen LogP contribution < -0.4 is 5.32 Å². The number of nitrogens with zero attached hydrogens (tertiary/aromatic N) is 3. The van der Waals surface area contributed by atoms with Gasteiger partial charge in [0.25, 0.3) is 0 Å². The van der Waals surface area contributed by atoms with E-state index in [9.17, 15) is 0 Å². The second-order valence-electron chi connectivity index (χ2n) is 5.64. The zero-order valence-electron chi connectivity index (χ0n) is 12.8. The Hall–Kier alpha value is -1.37. The van der Waals surface area contributed by atoms with E-state index in [1.807, 2.05) is 13.1 Å². The van der Waals surface area contributed by atoms with Crippen LogP contribution in [0.25, 0.3) is 11.4 Å². The van der Waals surface area contributed by atoms with Crippen LogP contribution in [0.1, 0.15) is 25.2 Å². The highest BCUT2D eigenvalue weighted by Crippen LogP contribution is 2.22. The van der Waals surface area contributed by atoms with Crippen molar-refractivity contribution in [3.63, 3.8) is 0 Å². The van der Waals surface area contributed by atoms with Crippen molar-refractivity contribution >= 4 is 12.4 Å². The minimum absolute atomic E-state index is 0. The molecule has 22 heavy (non-hydrogen) atoms. The van der Waals surface area contributed by atoms with E-state index in [1.165, 1.54) is 19.3 Å². The summed E-state index contributed by atoms with van der Waals surface area (Å²) in [6, 6.07) is 1.84. The maximum absolute atomic E-state index is 5.33. The first-order valence-electron chi connectivity index (χ1n) is 7.57. The highest BCUT2D eigenvalue weighted by Gasteiger charge is 2.20. The third kappa shape index (κ3) is 4.32. The van der Waals surface area contributed by atoms with Crippen LogP contribution in [-0.4, -0.2) is 41.7 Å². The zero-order valence-corrected chi connectivity index (χ0v) is 13.6. The first-order valence-corrected chi connectivity index (χ1v) is 7.57. The summed E-state index contributed by atoms with van der Waals surface area (Å²) in [6.07, 6.45) is 7.02. The Kier molecular flexibility index (Phi) is 6.42. The maximum atomic E-state index is 5.33. The number of piperidine rings is 1. The lowest BCUT2D eigenvalue weighted by atomic mass is 9.93. The molecule has 0 amide bonds. The molecule has 3 rings (SSSR count). The Bertz CT molecular complexity index is 535. The van der Waals surface area contributed by atoms with Gasteiger partial charge in [0, 0.05) is 0 Å². The fraction of sp³-hybridized carbons (Fsp3) is 0.600. The minimum atomic E-state index is 0. The average Bonchev–Trinajstić information content (AvgIpc) is 3.17. The van der Waals surface area contributed by atoms with Crippen LogP contribution in [0.3, 0.4) is 0 Å². The smallest absolute Gasteiger partial charge is 0.241 e. The van der Waals surface area contributed by atoms with Crippen LogP contribution >= 0.6 is 12.4 Å². The van der Waals surface area contributed by atoms with Crippen LogP contribution in [0, 0.1) is 5.92 Å². The third-order valence-electron chi connectivity index (χ3n) is 4.12. The number of hydrogen-bond donors (Lipinski definition) is 1. The van der Waals surface area contributed by atoms with E-state index in [2.05, 4.69) is 20.4 Å². The van der Waals surface area contributed by atoms with Gasteiger partial charge in [-0.15, -0.1) is 12.4 Å². The third-order valence-corrected chi connectivity index (χ3v) is 4.12. The van der Waals surface area contributed by atoms with Crippen LogP contribution in [-0.2, 0) is 6.54 Å². The molecule has 1 saturated heterocycles. The first kappa shape index (κ1) is 17.0. The van der Waals surface area contributed by atoms with E-state index in [-0.39, 0.29) is 12.4 Å². The Morgan fingerprint density at radius 3 is 2.86 bits per heavy atom. The summed E-state index contributed by atoms with van der Waals surface area (Å²) in [5.41, 5.74) is 0.857. The molecule has 0 bridgehead atoms. The van der Waals surface area contributed by atoms with Crippen molar-refractivity contribution in [1.29, 1.82) is 0 Å².